The number of hydrogen-bond acceptors (Lipinski definition) is 3. The summed E-state index contributed by atoms with van der Waals surface area (Å²) in [6.07, 6.45) is 3.02. The van der Waals surface area contributed by atoms with Crippen molar-refractivity contribution in [3.05, 3.63) is 0 Å². The van der Waals surface area contributed by atoms with Gasteiger partial charge in [-0.05, 0) is 38.0 Å². The van der Waals surface area contributed by atoms with E-state index in [2.05, 4.69) is 6.92 Å². The Labute approximate surface area is 113 Å². The van der Waals surface area contributed by atoms with Gasteiger partial charge in [-0.2, -0.15) is 0 Å². The Morgan fingerprint density at radius 2 is 2.16 bits per heavy atom. The topological polar surface area (TPSA) is 63.6 Å². The highest BCUT2D eigenvalue weighted by Crippen LogP contribution is 2.67. The van der Waals surface area contributed by atoms with Crippen LogP contribution in [0, 0.1) is 23.2 Å². The SMILES string of the molecule is CC(C(=O)O)[C@@H]1CC[C@H](C)[C@]23CCC(=O)[C@@]2(C)[C@H]1O3. The van der Waals surface area contributed by atoms with E-state index in [9.17, 15) is 14.7 Å². The van der Waals surface area contributed by atoms with Crippen LogP contribution in [-0.2, 0) is 14.3 Å². The lowest BCUT2D eigenvalue weighted by atomic mass is 9.59. The summed E-state index contributed by atoms with van der Waals surface area (Å²) in [7, 11) is 0. The van der Waals surface area contributed by atoms with Gasteiger partial charge in [-0.3, -0.25) is 9.59 Å². The summed E-state index contributed by atoms with van der Waals surface area (Å²) in [6, 6.07) is 0. The molecule has 0 aromatic rings. The first-order valence-electron chi connectivity index (χ1n) is 7.28. The van der Waals surface area contributed by atoms with Crippen LogP contribution in [0.1, 0.15) is 46.5 Å². The standard InChI is InChI=1S/C15H22O4/c1-8-4-5-10(9(2)13(17)18)12-14(3)11(16)6-7-15(8,14)19-12/h8-10,12H,4-7H2,1-3H3,(H,17,18)/t8-,9?,10-,12-,14-,15+/m0/s1. The minimum absolute atomic E-state index is 0.0392. The van der Waals surface area contributed by atoms with Crippen LogP contribution < -0.4 is 0 Å². The van der Waals surface area contributed by atoms with Crippen molar-refractivity contribution in [2.75, 3.05) is 0 Å². The molecular weight excluding hydrogens is 244 g/mol. The molecular formula is C15H22O4. The first kappa shape index (κ1) is 13.1. The van der Waals surface area contributed by atoms with Gasteiger partial charge in [0.15, 0.2) is 0 Å². The van der Waals surface area contributed by atoms with E-state index in [0.29, 0.717) is 12.3 Å². The van der Waals surface area contributed by atoms with E-state index >= 15 is 0 Å². The van der Waals surface area contributed by atoms with Crippen LogP contribution in [0.25, 0.3) is 0 Å². The average molecular weight is 266 g/mol. The van der Waals surface area contributed by atoms with Crippen LogP contribution in [-0.4, -0.2) is 28.6 Å². The van der Waals surface area contributed by atoms with Crippen molar-refractivity contribution >= 4 is 11.8 Å². The van der Waals surface area contributed by atoms with Crippen molar-refractivity contribution in [1.29, 1.82) is 0 Å². The summed E-state index contributed by atoms with van der Waals surface area (Å²) < 4.78 is 6.20. The highest BCUT2D eigenvalue weighted by molar-refractivity contribution is 5.91. The molecule has 19 heavy (non-hydrogen) atoms. The molecule has 1 aliphatic heterocycles. The van der Waals surface area contributed by atoms with Gasteiger partial charge in [-0.25, -0.2) is 0 Å². The van der Waals surface area contributed by atoms with E-state index in [0.717, 1.165) is 19.3 Å². The molecule has 1 unspecified atom stereocenters. The second-order valence-corrected chi connectivity index (χ2v) is 6.82. The van der Waals surface area contributed by atoms with Crippen LogP contribution >= 0.6 is 0 Å². The van der Waals surface area contributed by atoms with E-state index < -0.39 is 17.3 Å². The molecule has 0 aromatic carbocycles. The van der Waals surface area contributed by atoms with Crippen LogP contribution in [0.5, 0.6) is 0 Å². The lowest BCUT2D eigenvalue weighted by Crippen LogP contribution is -2.70. The predicted molar refractivity (Wildman–Crippen MR) is 68.6 cm³/mol. The molecule has 3 fully saturated rings. The van der Waals surface area contributed by atoms with E-state index in [1.165, 1.54) is 0 Å². The minimum Gasteiger partial charge on any atom is -0.481 e. The van der Waals surface area contributed by atoms with Gasteiger partial charge in [-0.15, -0.1) is 0 Å². The van der Waals surface area contributed by atoms with Crippen molar-refractivity contribution < 1.29 is 19.4 Å². The molecule has 3 rings (SSSR count). The number of rotatable bonds is 2. The summed E-state index contributed by atoms with van der Waals surface area (Å²) in [5, 5.41) is 9.28. The molecule has 0 radical (unpaired) electrons. The fourth-order valence-electron chi connectivity index (χ4n) is 4.83. The number of aliphatic carboxylic acids is 1. The number of hydrogen-bond donors (Lipinski definition) is 1. The van der Waals surface area contributed by atoms with Gasteiger partial charge in [0.2, 0.25) is 0 Å². The van der Waals surface area contributed by atoms with E-state index in [1.54, 1.807) is 6.92 Å². The van der Waals surface area contributed by atoms with E-state index in [4.69, 9.17) is 4.74 Å². The molecule has 2 saturated carbocycles. The third-order valence-corrected chi connectivity index (χ3v) is 6.24. The minimum atomic E-state index is -0.783. The van der Waals surface area contributed by atoms with Gasteiger partial charge in [0.05, 0.1) is 23.0 Å². The largest absolute Gasteiger partial charge is 0.481 e. The first-order chi connectivity index (χ1) is 8.84. The molecule has 1 heterocycles. The molecule has 1 N–H and O–H groups in total. The summed E-state index contributed by atoms with van der Waals surface area (Å²) in [5.74, 6) is -0.651. The predicted octanol–water partition coefficient (Wildman–Crippen LogP) is 2.26. The number of carbonyl (C=O) groups is 2. The maximum atomic E-state index is 12.4. The quantitative estimate of drug-likeness (QED) is 0.832. The van der Waals surface area contributed by atoms with Gasteiger partial charge in [-0.1, -0.05) is 13.8 Å². The van der Waals surface area contributed by atoms with Crippen molar-refractivity contribution in [3.63, 3.8) is 0 Å². The van der Waals surface area contributed by atoms with Gasteiger partial charge < -0.3 is 9.84 Å². The molecule has 0 amide bonds. The van der Waals surface area contributed by atoms with Crippen molar-refractivity contribution in [2.45, 2.75) is 58.2 Å². The average Bonchev–Trinajstić information content (AvgIpc) is 2.49. The van der Waals surface area contributed by atoms with Crippen LogP contribution in [0.3, 0.4) is 0 Å². The monoisotopic (exact) mass is 266 g/mol. The third kappa shape index (κ3) is 1.33. The normalized spacial score (nSPS) is 50.1. The molecule has 0 aromatic heterocycles. The fraction of sp³-hybridized carbons (Fsp3) is 0.867. The Kier molecular flexibility index (Phi) is 2.63. The lowest BCUT2D eigenvalue weighted by Gasteiger charge is -2.61. The summed E-state index contributed by atoms with van der Waals surface area (Å²) >= 11 is 0. The zero-order valence-electron chi connectivity index (χ0n) is 11.8. The Balaban J connectivity index is 1.99. The molecule has 106 valence electrons. The Hall–Kier alpha value is -0.900. The van der Waals surface area contributed by atoms with Crippen molar-refractivity contribution in [2.24, 2.45) is 23.2 Å². The van der Waals surface area contributed by atoms with Crippen LogP contribution in [0.15, 0.2) is 0 Å². The molecule has 1 saturated heterocycles. The lowest BCUT2D eigenvalue weighted by molar-refractivity contribution is -0.314. The maximum absolute atomic E-state index is 12.4. The zero-order chi connectivity index (χ0) is 14.0. The van der Waals surface area contributed by atoms with Crippen molar-refractivity contribution in [3.8, 4) is 0 Å². The number of carboxylic acids is 1. The Bertz CT molecular complexity index is 445. The summed E-state index contributed by atoms with van der Waals surface area (Å²) in [6.45, 7) is 5.91. The van der Waals surface area contributed by atoms with Crippen LogP contribution in [0.4, 0.5) is 0 Å². The number of ketones is 1. The van der Waals surface area contributed by atoms with E-state index in [1.807, 2.05) is 6.92 Å². The smallest absolute Gasteiger partial charge is 0.306 e. The highest BCUT2D eigenvalue weighted by atomic mass is 16.5. The summed E-state index contributed by atoms with van der Waals surface area (Å²) in [4.78, 5) is 23.7. The molecule has 0 spiro atoms. The highest BCUT2D eigenvalue weighted by Gasteiger charge is 2.75. The van der Waals surface area contributed by atoms with Crippen molar-refractivity contribution in [1.82, 2.24) is 0 Å². The number of Topliss-reactive ketones (excluding diaryl/α,β-unsaturated/α-hetero) is 1. The molecule has 2 bridgehead atoms. The van der Waals surface area contributed by atoms with Gasteiger partial charge >= 0.3 is 5.97 Å². The van der Waals surface area contributed by atoms with Crippen LogP contribution in [0.2, 0.25) is 0 Å². The Morgan fingerprint density at radius 3 is 2.79 bits per heavy atom. The molecule has 2 aliphatic carbocycles. The second-order valence-electron chi connectivity index (χ2n) is 6.82. The number of carboxylic acid groups (broad SMARTS) is 1. The fourth-order valence-corrected chi connectivity index (χ4v) is 4.83. The third-order valence-electron chi connectivity index (χ3n) is 6.24. The zero-order valence-corrected chi connectivity index (χ0v) is 11.8. The molecule has 6 atom stereocenters. The molecule has 4 heteroatoms. The number of carbonyl (C=O) groups excluding carboxylic acids is 1. The number of ether oxygens (including phenoxy) is 1. The van der Waals surface area contributed by atoms with Gasteiger partial charge in [0, 0.05) is 6.42 Å². The Morgan fingerprint density at radius 1 is 1.47 bits per heavy atom. The van der Waals surface area contributed by atoms with E-state index in [-0.39, 0.29) is 23.4 Å². The van der Waals surface area contributed by atoms with Gasteiger partial charge in [0.25, 0.3) is 0 Å². The molecule has 4 nitrogen and oxygen atoms in total. The second kappa shape index (κ2) is 3.81. The maximum Gasteiger partial charge on any atom is 0.306 e. The first-order valence-corrected chi connectivity index (χ1v) is 7.28. The summed E-state index contributed by atoms with van der Waals surface area (Å²) in [5.41, 5.74) is -0.751. The molecule has 3 aliphatic rings. The van der Waals surface area contributed by atoms with Gasteiger partial charge in [0.1, 0.15) is 5.78 Å².